The first-order chi connectivity index (χ1) is 11.2. The minimum atomic E-state index is 0. The van der Waals surface area contributed by atoms with Crippen molar-refractivity contribution in [2.75, 3.05) is 19.6 Å². The molecule has 2 heteroatoms. The summed E-state index contributed by atoms with van der Waals surface area (Å²) in [6.07, 6.45) is 1.32. The molecule has 2 aromatic carbocycles. The van der Waals surface area contributed by atoms with Gasteiger partial charge in [0.25, 0.3) is 0 Å². The summed E-state index contributed by atoms with van der Waals surface area (Å²) in [5.74, 6) is 2.06. The number of aryl methyl sites for hydroxylation is 2. The van der Waals surface area contributed by atoms with Crippen molar-refractivity contribution in [1.82, 2.24) is 4.90 Å². The number of nitrogens with zero attached hydrogens (tertiary/aromatic N) is 1. The summed E-state index contributed by atoms with van der Waals surface area (Å²) in [6.45, 7) is 10.4. The number of hydrogen-bond donors (Lipinski definition) is 0. The van der Waals surface area contributed by atoms with Gasteiger partial charge in [0.2, 0.25) is 0 Å². The Morgan fingerprint density at radius 1 is 0.958 bits per heavy atom. The summed E-state index contributed by atoms with van der Waals surface area (Å²) < 4.78 is 0. The molecule has 4 rings (SSSR count). The molecule has 1 nitrogen and oxygen atoms in total. The van der Waals surface area contributed by atoms with E-state index in [1.807, 2.05) is 0 Å². The van der Waals surface area contributed by atoms with Gasteiger partial charge in [-0.25, -0.2) is 0 Å². The van der Waals surface area contributed by atoms with Gasteiger partial charge in [0, 0.05) is 12.5 Å². The van der Waals surface area contributed by atoms with E-state index in [9.17, 15) is 0 Å². The fraction of sp³-hybridized carbons (Fsp3) is 0.455. The third kappa shape index (κ3) is 2.89. The highest BCUT2D eigenvalue weighted by Crippen LogP contribution is 2.53. The molecule has 0 N–H and O–H groups in total. The average Bonchev–Trinajstić information content (AvgIpc) is 2.88. The Balaban J connectivity index is 0.00000169. The van der Waals surface area contributed by atoms with Crippen molar-refractivity contribution in [3.05, 3.63) is 70.3 Å². The van der Waals surface area contributed by atoms with E-state index in [1.165, 1.54) is 42.7 Å². The Hall–Kier alpha value is -1.31. The highest BCUT2D eigenvalue weighted by molar-refractivity contribution is 5.85. The first-order valence-corrected chi connectivity index (χ1v) is 9.06. The number of hydrogen-bond acceptors (Lipinski definition) is 1. The van der Waals surface area contributed by atoms with Gasteiger partial charge in [-0.05, 0) is 61.9 Å². The van der Waals surface area contributed by atoms with Crippen molar-refractivity contribution >= 4 is 12.4 Å². The van der Waals surface area contributed by atoms with Crippen LogP contribution in [0, 0.1) is 19.8 Å². The van der Waals surface area contributed by atoms with Gasteiger partial charge in [-0.15, -0.1) is 12.4 Å². The number of fused-ring (bicyclic) bond motifs is 3. The van der Waals surface area contributed by atoms with E-state index in [0.29, 0.717) is 5.92 Å². The lowest BCUT2D eigenvalue weighted by Gasteiger charge is -2.37. The molecule has 128 valence electrons. The Labute approximate surface area is 152 Å². The molecule has 1 heterocycles. The van der Waals surface area contributed by atoms with Gasteiger partial charge >= 0.3 is 0 Å². The van der Waals surface area contributed by atoms with Crippen LogP contribution in [0.4, 0.5) is 0 Å². The summed E-state index contributed by atoms with van der Waals surface area (Å²) >= 11 is 0. The molecule has 1 saturated heterocycles. The smallest absolute Gasteiger partial charge is 0.0139 e. The summed E-state index contributed by atoms with van der Waals surface area (Å²) in [7, 11) is 0. The third-order valence-corrected chi connectivity index (χ3v) is 6.03. The van der Waals surface area contributed by atoms with Crippen molar-refractivity contribution in [1.29, 1.82) is 0 Å². The van der Waals surface area contributed by atoms with Gasteiger partial charge < -0.3 is 4.90 Å². The van der Waals surface area contributed by atoms with Crippen LogP contribution >= 0.6 is 12.4 Å². The SMILES string of the molecule is CCN1CC[C@@H]2c3ccc(C)cc3[C@@H](c3ccc(C)cc3)[C@@H]2C1.Cl. The second-order valence-corrected chi connectivity index (χ2v) is 7.47. The summed E-state index contributed by atoms with van der Waals surface area (Å²) in [4.78, 5) is 2.64. The van der Waals surface area contributed by atoms with E-state index in [-0.39, 0.29) is 12.4 Å². The molecule has 0 bridgehead atoms. The van der Waals surface area contributed by atoms with Crippen LogP contribution in [0.15, 0.2) is 42.5 Å². The monoisotopic (exact) mass is 341 g/mol. The molecule has 0 unspecified atom stereocenters. The van der Waals surface area contributed by atoms with E-state index in [1.54, 1.807) is 11.1 Å². The molecule has 2 aliphatic rings. The summed E-state index contributed by atoms with van der Waals surface area (Å²) in [5.41, 5.74) is 7.48. The van der Waals surface area contributed by atoms with Crippen molar-refractivity contribution in [3.8, 4) is 0 Å². The van der Waals surface area contributed by atoms with Crippen LogP contribution in [-0.2, 0) is 0 Å². The van der Waals surface area contributed by atoms with Crippen LogP contribution in [0.25, 0.3) is 0 Å². The molecule has 0 radical (unpaired) electrons. The zero-order valence-electron chi connectivity index (χ0n) is 15.0. The van der Waals surface area contributed by atoms with Crippen molar-refractivity contribution in [2.45, 2.75) is 39.0 Å². The van der Waals surface area contributed by atoms with Crippen molar-refractivity contribution in [3.63, 3.8) is 0 Å². The fourth-order valence-electron chi connectivity index (χ4n) is 4.80. The molecule has 3 atom stereocenters. The van der Waals surface area contributed by atoms with Crippen LogP contribution in [0.1, 0.15) is 53.0 Å². The van der Waals surface area contributed by atoms with Gasteiger partial charge in [-0.1, -0.05) is 60.5 Å². The van der Waals surface area contributed by atoms with Gasteiger partial charge in [-0.3, -0.25) is 0 Å². The standard InChI is InChI=1S/C22H27N.ClH/c1-4-23-12-11-19-18-10-7-16(3)13-20(18)22(21(19)14-23)17-8-5-15(2)6-9-17;/h5-10,13,19,21-22H,4,11-12,14H2,1-3H3;1H/t19-,21-,22-;/m1./s1. The number of piperidine rings is 1. The van der Waals surface area contributed by atoms with E-state index >= 15 is 0 Å². The topological polar surface area (TPSA) is 3.24 Å². The molecule has 1 aliphatic heterocycles. The van der Waals surface area contributed by atoms with Crippen LogP contribution in [0.3, 0.4) is 0 Å². The first-order valence-electron chi connectivity index (χ1n) is 9.06. The molecular weight excluding hydrogens is 314 g/mol. The lowest BCUT2D eigenvalue weighted by atomic mass is 9.78. The Bertz CT molecular complexity index is 706. The Morgan fingerprint density at radius 3 is 2.38 bits per heavy atom. The minimum absolute atomic E-state index is 0. The summed E-state index contributed by atoms with van der Waals surface area (Å²) in [6, 6.07) is 16.4. The van der Waals surface area contributed by atoms with Gasteiger partial charge in [0.05, 0.1) is 0 Å². The van der Waals surface area contributed by atoms with Crippen LogP contribution < -0.4 is 0 Å². The summed E-state index contributed by atoms with van der Waals surface area (Å²) in [5, 5.41) is 0. The zero-order chi connectivity index (χ0) is 16.0. The number of halogens is 1. The lowest BCUT2D eigenvalue weighted by molar-refractivity contribution is 0.161. The lowest BCUT2D eigenvalue weighted by Crippen LogP contribution is -2.39. The Morgan fingerprint density at radius 2 is 1.67 bits per heavy atom. The van der Waals surface area contributed by atoms with E-state index in [0.717, 1.165) is 11.8 Å². The molecule has 1 aliphatic carbocycles. The molecule has 0 amide bonds. The molecule has 0 spiro atoms. The van der Waals surface area contributed by atoms with Crippen molar-refractivity contribution in [2.24, 2.45) is 5.92 Å². The maximum Gasteiger partial charge on any atom is 0.0139 e. The largest absolute Gasteiger partial charge is 0.303 e. The predicted molar refractivity (Wildman–Crippen MR) is 104 cm³/mol. The fourth-order valence-corrected chi connectivity index (χ4v) is 4.80. The second kappa shape index (κ2) is 6.90. The van der Waals surface area contributed by atoms with Crippen LogP contribution in [-0.4, -0.2) is 24.5 Å². The minimum Gasteiger partial charge on any atom is -0.303 e. The predicted octanol–water partition coefficient (Wildman–Crippen LogP) is 5.30. The molecule has 0 aromatic heterocycles. The zero-order valence-corrected chi connectivity index (χ0v) is 15.8. The quantitative estimate of drug-likeness (QED) is 0.716. The first kappa shape index (κ1) is 17.5. The molecule has 1 fully saturated rings. The van der Waals surface area contributed by atoms with Gasteiger partial charge in [0.1, 0.15) is 0 Å². The molecule has 24 heavy (non-hydrogen) atoms. The molecule has 0 saturated carbocycles. The highest BCUT2D eigenvalue weighted by Gasteiger charge is 2.43. The number of rotatable bonds is 2. The maximum absolute atomic E-state index is 2.64. The van der Waals surface area contributed by atoms with E-state index < -0.39 is 0 Å². The second-order valence-electron chi connectivity index (χ2n) is 7.47. The number of benzene rings is 2. The maximum atomic E-state index is 2.64. The highest BCUT2D eigenvalue weighted by atomic mass is 35.5. The van der Waals surface area contributed by atoms with Crippen molar-refractivity contribution < 1.29 is 0 Å². The normalized spacial score (nSPS) is 25.7. The van der Waals surface area contributed by atoms with E-state index in [2.05, 4.69) is 68.1 Å². The van der Waals surface area contributed by atoms with Crippen LogP contribution in [0.2, 0.25) is 0 Å². The van der Waals surface area contributed by atoms with E-state index in [4.69, 9.17) is 0 Å². The third-order valence-electron chi connectivity index (χ3n) is 6.03. The van der Waals surface area contributed by atoms with Crippen LogP contribution in [0.5, 0.6) is 0 Å². The molecule has 2 aromatic rings. The number of likely N-dealkylation sites (tertiary alicyclic amines) is 1. The van der Waals surface area contributed by atoms with Gasteiger partial charge in [0.15, 0.2) is 0 Å². The average molecular weight is 342 g/mol. The van der Waals surface area contributed by atoms with Gasteiger partial charge in [-0.2, -0.15) is 0 Å². The molecular formula is C22H28ClN. The Kier molecular flexibility index (Phi) is 5.03.